The molecule has 202 valence electrons. The summed E-state index contributed by atoms with van der Waals surface area (Å²) in [6.07, 6.45) is 0.386. The van der Waals surface area contributed by atoms with Gasteiger partial charge in [-0.15, -0.1) is 0 Å². The van der Waals surface area contributed by atoms with Crippen molar-refractivity contribution >= 4 is 27.9 Å². The first-order valence-electron chi connectivity index (χ1n) is 11.9. The first-order valence-corrected chi connectivity index (χ1v) is 13.8. The van der Waals surface area contributed by atoms with Gasteiger partial charge in [0, 0.05) is 29.9 Å². The molecule has 2 heterocycles. The van der Waals surface area contributed by atoms with Crippen LogP contribution in [0.4, 0.5) is 10.2 Å². The SMILES string of the molecule is CC(C)c1nc2c(c(-c3ccc(F)cc3)c1/C=C/[C@@H](O)C[C@@H](O)CC(=O)[O-])CO[C@@H](C)CN2S(C)(=O)=O.[Na+]. The summed E-state index contributed by atoms with van der Waals surface area (Å²) >= 11 is 0. The van der Waals surface area contributed by atoms with E-state index >= 15 is 0 Å². The van der Waals surface area contributed by atoms with Crippen molar-refractivity contribution in [1.82, 2.24) is 4.98 Å². The molecule has 0 fully saturated rings. The Morgan fingerprint density at radius 3 is 2.47 bits per heavy atom. The molecule has 1 aliphatic rings. The predicted molar refractivity (Wildman–Crippen MR) is 135 cm³/mol. The summed E-state index contributed by atoms with van der Waals surface area (Å²) in [6, 6.07) is 5.74. The third kappa shape index (κ3) is 8.08. The normalized spacial score (nSPS) is 17.6. The van der Waals surface area contributed by atoms with Crippen LogP contribution in [0.2, 0.25) is 0 Å². The number of aliphatic hydroxyl groups excluding tert-OH is 2. The minimum absolute atomic E-state index is 0. The summed E-state index contributed by atoms with van der Waals surface area (Å²) in [7, 11) is -3.71. The second kappa shape index (κ2) is 13.5. The molecular formula is C26H32FN2NaO7S. The summed E-state index contributed by atoms with van der Waals surface area (Å²) in [5.74, 6) is -1.81. The van der Waals surface area contributed by atoms with Crippen molar-refractivity contribution in [3.05, 3.63) is 53.0 Å². The van der Waals surface area contributed by atoms with Crippen molar-refractivity contribution in [1.29, 1.82) is 0 Å². The number of halogens is 1. The maximum absolute atomic E-state index is 13.8. The maximum atomic E-state index is 13.8. The molecular weight excluding hydrogens is 526 g/mol. The predicted octanol–water partition coefficient (Wildman–Crippen LogP) is -1.04. The minimum atomic E-state index is -3.71. The van der Waals surface area contributed by atoms with E-state index < -0.39 is 46.5 Å². The fourth-order valence-electron chi connectivity index (χ4n) is 4.27. The van der Waals surface area contributed by atoms with E-state index in [0.717, 1.165) is 6.26 Å². The van der Waals surface area contributed by atoms with Crippen LogP contribution in [0, 0.1) is 5.82 Å². The first kappa shape index (κ1) is 32.4. The number of carbonyl (C=O) groups is 1. The summed E-state index contributed by atoms with van der Waals surface area (Å²) in [5.41, 5.74) is 2.78. The Balaban J connectivity index is 0.00000507. The van der Waals surface area contributed by atoms with Crippen molar-refractivity contribution in [2.24, 2.45) is 0 Å². The van der Waals surface area contributed by atoms with E-state index in [2.05, 4.69) is 0 Å². The molecule has 0 aliphatic carbocycles. The Hall–Kier alpha value is -1.86. The van der Waals surface area contributed by atoms with Gasteiger partial charge in [0.15, 0.2) is 0 Å². The number of aromatic nitrogens is 1. The molecule has 38 heavy (non-hydrogen) atoms. The number of carboxylic acid groups (broad SMARTS) is 1. The van der Waals surface area contributed by atoms with Gasteiger partial charge in [-0.2, -0.15) is 0 Å². The van der Waals surface area contributed by atoms with Gasteiger partial charge in [0.1, 0.15) is 11.6 Å². The molecule has 0 unspecified atom stereocenters. The van der Waals surface area contributed by atoms with Gasteiger partial charge in [-0.3, -0.25) is 4.31 Å². The zero-order valence-electron chi connectivity index (χ0n) is 22.2. The number of rotatable bonds is 9. The van der Waals surface area contributed by atoms with Gasteiger partial charge in [-0.05, 0) is 36.1 Å². The molecule has 9 nitrogen and oxygen atoms in total. The van der Waals surface area contributed by atoms with E-state index in [1.807, 2.05) is 13.8 Å². The van der Waals surface area contributed by atoms with Gasteiger partial charge in [0.05, 0.1) is 43.4 Å². The molecule has 3 rings (SSSR count). The summed E-state index contributed by atoms with van der Waals surface area (Å²) < 4.78 is 46.5. The number of hydrogen-bond acceptors (Lipinski definition) is 8. The van der Waals surface area contributed by atoms with Crippen LogP contribution in [0.1, 0.15) is 56.4 Å². The zero-order valence-corrected chi connectivity index (χ0v) is 25.0. The number of anilines is 1. The Labute approximate surface area is 244 Å². The molecule has 0 amide bonds. The zero-order chi connectivity index (χ0) is 27.5. The number of aliphatic hydroxyl groups is 2. The largest absolute Gasteiger partial charge is 1.00 e. The van der Waals surface area contributed by atoms with Crippen LogP contribution < -0.4 is 39.0 Å². The van der Waals surface area contributed by atoms with Crippen LogP contribution in [0.15, 0.2) is 30.3 Å². The number of carbonyl (C=O) groups excluding carboxylic acids is 1. The van der Waals surface area contributed by atoms with Crippen molar-refractivity contribution in [3.8, 4) is 11.1 Å². The molecule has 0 bridgehead atoms. The number of aliphatic carboxylic acids is 1. The maximum Gasteiger partial charge on any atom is 1.00 e. The Morgan fingerprint density at radius 2 is 1.92 bits per heavy atom. The second-order valence-electron chi connectivity index (χ2n) is 9.56. The number of carboxylic acids is 1. The van der Waals surface area contributed by atoms with Crippen LogP contribution in [0.25, 0.3) is 17.2 Å². The molecule has 3 atom stereocenters. The molecule has 1 aromatic heterocycles. The third-order valence-corrected chi connectivity index (χ3v) is 7.12. The Morgan fingerprint density at radius 1 is 1.29 bits per heavy atom. The van der Waals surface area contributed by atoms with Crippen LogP contribution >= 0.6 is 0 Å². The Kier molecular flexibility index (Phi) is 11.5. The topological polar surface area (TPSA) is 140 Å². The fourth-order valence-corrected chi connectivity index (χ4v) is 5.22. The number of benzene rings is 1. The molecule has 2 N–H and O–H groups in total. The van der Waals surface area contributed by atoms with E-state index in [1.165, 1.54) is 22.5 Å². The van der Waals surface area contributed by atoms with Gasteiger partial charge >= 0.3 is 29.6 Å². The van der Waals surface area contributed by atoms with Crippen molar-refractivity contribution in [3.63, 3.8) is 0 Å². The second-order valence-corrected chi connectivity index (χ2v) is 11.5. The molecule has 0 saturated heterocycles. The first-order chi connectivity index (χ1) is 17.3. The van der Waals surface area contributed by atoms with Crippen LogP contribution in [-0.2, 0) is 26.2 Å². The van der Waals surface area contributed by atoms with Gasteiger partial charge in [-0.1, -0.05) is 38.1 Å². The van der Waals surface area contributed by atoms with E-state index in [4.69, 9.17) is 9.72 Å². The molecule has 0 spiro atoms. The smallest absolute Gasteiger partial charge is 0.550 e. The van der Waals surface area contributed by atoms with E-state index in [-0.39, 0.29) is 60.9 Å². The van der Waals surface area contributed by atoms with Crippen LogP contribution in [-0.4, -0.2) is 60.7 Å². The van der Waals surface area contributed by atoms with Crippen molar-refractivity contribution in [2.45, 2.75) is 64.4 Å². The summed E-state index contributed by atoms with van der Waals surface area (Å²) in [6.45, 7) is 5.67. The fraction of sp³-hybridized carbons (Fsp3) is 0.462. The van der Waals surface area contributed by atoms with E-state index in [9.17, 15) is 32.9 Å². The van der Waals surface area contributed by atoms with Gasteiger partial charge < -0.3 is 24.9 Å². The number of nitrogens with zero attached hydrogens (tertiary/aromatic N) is 2. The quantitative estimate of drug-likeness (QED) is 0.372. The van der Waals surface area contributed by atoms with Gasteiger partial charge in [0.25, 0.3) is 0 Å². The number of sulfonamides is 1. The molecule has 2 aromatic rings. The number of pyridine rings is 1. The van der Waals surface area contributed by atoms with Gasteiger partial charge in [-0.25, -0.2) is 17.8 Å². The Bertz CT molecular complexity index is 1270. The molecule has 0 saturated carbocycles. The van der Waals surface area contributed by atoms with Crippen LogP contribution in [0.3, 0.4) is 0 Å². The molecule has 12 heteroatoms. The number of ether oxygens (including phenoxy) is 1. The number of hydrogen-bond donors (Lipinski definition) is 2. The number of fused-ring (bicyclic) bond motifs is 1. The molecule has 1 aromatic carbocycles. The summed E-state index contributed by atoms with van der Waals surface area (Å²) in [4.78, 5) is 15.5. The molecule has 0 radical (unpaired) electrons. The standard InChI is InChI=1S/C26H33FN2O7S.Na/c1-15(2)25-21(10-9-19(30)11-20(31)12-23(32)33)24(17-5-7-18(27)8-6-17)22-14-36-16(3)13-29(26(22)28-25)37(4,34)35;/h5-10,15-16,19-20,30-31H,11-14H2,1-4H3,(H,32,33);/q;+1/p-1/b10-9+;/t16-,19+,20+;/m0./s1. The van der Waals surface area contributed by atoms with Crippen molar-refractivity contribution < 1.29 is 67.2 Å². The van der Waals surface area contributed by atoms with Crippen LogP contribution in [0.5, 0.6) is 0 Å². The monoisotopic (exact) mass is 558 g/mol. The molecule has 1 aliphatic heterocycles. The summed E-state index contributed by atoms with van der Waals surface area (Å²) in [5, 5.41) is 31.0. The minimum Gasteiger partial charge on any atom is -0.550 e. The van der Waals surface area contributed by atoms with E-state index in [0.29, 0.717) is 27.9 Å². The van der Waals surface area contributed by atoms with Gasteiger partial charge in [0.2, 0.25) is 10.0 Å². The average molecular weight is 559 g/mol. The third-order valence-electron chi connectivity index (χ3n) is 6.00. The van der Waals surface area contributed by atoms with Crippen molar-refractivity contribution in [2.75, 3.05) is 17.1 Å². The average Bonchev–Trinajstić information content (AvgIpc) is 2.95. The van der Waals surface area contributed by atoms with E-state index in [1.54, 1.807) is 25.1 Å².